The summed E-state index contributed by atoms with van der Waals surface area (Å²) in [6.45, 7) is 5.40. The van der Waals surface area contributed by atoms with E-state index in [0.717, 1.165) is 9.06 Å². The highest BCUT2D eigenvalue weighted by Gasteiger charge is 2.29. The van der Waals surface area contributed by atoms with Crippen LogP contribution in [0.4, 0.5) is 4.39 Å². The molecule has 0 unspecified atom stereocenters. The van der Waals surface area contributed by atoms with Crippen molar-refractivity contribution < 1.29 is 9.18 Å². The minimum Gasteiger partial charge on any atom is -0.266 e. The van der Waals surface area contributed by atoms with Crippen LogP contribution >= 0.6 is 23.6 Å². The van der Waals surface area contributed by atoms with Gasteiger partial charge >= 0.3 is 0 Å². The third-order valence-corrected chi connectivity index (χ3v) is 3.01. The SMILES string of the molecule is CC(C)(C)N(Cl)N(Cl)C(=O)c1ccc(F)cc1. The summed E-state index contributed by atoms with van der Waals surface area (Å²) in [7, 11) is 0. The quantitative estimate of drug-likeness (QED) is 0.610. The number of nitrogens with zero attached hydrogens (tertiary/aromatic N) is 2. The lowest BCUT2D eigenvalue weighted by Crippen LogP contribution is -2.45. The van der Waals surface area contributed by atoms with E-state index in [9.17, 15) is 9.18 Å². The lowest BCUT2D eigenvalue weighted by molar-refractivity contribution is 0.0456. The molecular formula is C11H13Cl2FN2O. The molecule has 0 bridgehead atoms. The van der Waals surface area contributed by atoms with Gasteiger partial charge in [0.05, 0.1) is 5.54 Å². The molecule has 17 heavy (non-hydrogen) atoms. The number of halogens is 3. The number of hydrazine groups is 1. The number of rotatable bonds is 2. The zero-order valence-corrected chi connectivity index (χ0v) is 11.3. The Bertz CT molecular complexity index is 403. The second-order valence-corrected chi connectivity index (χ2v) is 5.14. The number of amides is 1. The molecule has 0 N–H and O–H groups in total. The van der Waals surface area contributed by atoms with E-state index in [1.807, 2.05) is 0 Å². The summed E-state index contributed by atoms with van der Waals surface area (Å²) in [4.78, 5) is 11.9. The van der Waals surface area contributed by atoms with Crippen molar-refractivity contribution in [1.82, 2.24) is 9.06 Å². The Morgan fingerprint density at radius 1 is 1.18 bits per heavy atom. The van der Waals surface area contributed by atoms with Crippen molar-refractivity contribution in [3.63, 3.8) is 0 Å². The van der Waals surface area contributed by atoms with E-state index < -0.39 is 17.3 Å². The van der Waals surface area contributed by atoms with Crippen molar-refractivity contribution in [3.05, 3.63) is 35.6 Å². The van der Waals surface area contributed by atoms with Gasteiger partial charge in [-0.2, -0.15) is 4.53 Å². The van der Waals surface area contributed by atoms with E-state index in [1.54, 1.807) is 20.8 Å². The summed E-state index contributed by atoms with van der Waals surface area (Å²) in [6, 6.07) is 5.07. The summed E-state index contributed by atoms with van der Waals surface area (Å²) < 4.78 is 14.6. The van der Waals surface area contributed by atoms with Crippen molar-refractivity contribution in [2.45, 2.75) is 26.3 Å². The molecule has 6 heteroatoms. The fourth-order valence-electron chi connectivity index (χ4n) is 1.04. The summed E-state index contributed by atoms with van der Waals surface area (Å²) in [5.41, 5.74) is -0.254. The van der Waals surface area contributed by atoms with Crippen molar-refractivity contribution in [1.29, 1.82) is 0 Å². The molecule has 1 rings (SSSR count). The average Bonchev–Trinajstić information content (AvgIpc) is 2.26. The van der Waals surface area contributed by atoms with E-state index >= 15 is 0 Å². The minimum atomic E-state index is -0.517. The maximum absolute atomic E-state index is 12.7. The molecule has 0 saturated carbocycles. The lowest BCUT2D eigenvalue weighted by atomic mass is 10.1. The van der Waals surface area contributed by atoms with Crippen molar-refractivity contribution in [3.8, 4) is 0 Å². The first-order chi connectivity index (χ1) is 7.73. The van der Waals surface area contributed by atoms with Gasteiger partial charge in [0, 0.05) is 29.1 Å². The van der Waals surface area contributed by atoms with Crippen LogP contribution in [0.2, 0.25) is 0 Å². The second kappa shape index (κ2) is 5.21. The van der Waals surface area contributed by atoms with Gasteiger partial charge in [0.1, 0.15) is 5.82 Å². The van der Waals surface area contributed by atoms with Gasteiger partial charge in [-0.15, -0.1) is 4.53 Å². The molecule has 3 nitrogen and oxygen atoms in total. The molecule has 94 valence electrons. The van der Waals surface area contributed by atoms with Gasteiger partial charge in [0.2, 0.25) is 0 Å². The Labute approximate surface area is 110 Å². The van der Waals surface area contributed by atoms with Gasteiger partial charge < -0.3 is 0 Å². The Hall–Kier alpha value is -0.840. The zero-order valence-electron chi connectivity index (χ0n) is 9.75. The fraction of sp³-hybridized carbons (Fsp3) is 0.364. The molecule has 1 aromatic rings. The van der Waals surface area contributed by atoms with Gasteiger partial charge in [-0.25, -0.2) is 4.39 Å². The molecule has 0 aliphatic heterocycles. The van der Waals surface area contributed by atoms with Gasteiger partial charge in [-0.05, 0) is 45.0 Å². The molecule has 0 fully saturated rings. The summed E-state index contributed by atoms with van der Waals surface area (Å²) in [6.07, 6.45) is 0. The standard InChI is InChI=1S/C11H13Cl2FN2O/c1-11(2,3)16(13)15(12)10(17)8-4-6-9(14)7-5-8/h4-7H,1-3H3. The van der Waals surface area contributed by atoms with Crippen LogP contribution < -0.4 is 0 Å². The third kappa shape index (κ3) is 3.56. The maximum atomic E-state index is 12.7. The Balaban J connectivity index is 2.87. The Kier molecular flexibility index (Phi) is 4.36. The van der Waals surface area contributed by atoms with Crippen LogP contribution in [0.3, 0.4) is 0 Å². The number of benzene rings is 1. The first-order valence-electron chi connectivity index (χ1n) is 4.95. The molecule has 0 heterocycles. The Morgan fingerprint density at radius 2 is 1.65 bits per heavy atom. The molecular weight excluding hydrogens is 266 g/mol. The normalized spacial score (nSPS) is 11.7. The van der Waals surface area contributed by atoms with E-state index in [1.165, 1.54) is 24.3 Å². The third-order valence-electron chi connectivity index (χ3n) is 1.97. The highest BCUT2D eigenvalue weighted by molar-refractivity contribution is 6.27. The molecule has 0 aromatic heterocycles. The smallest absolute Gasteiger partial charge is 0.266 e. The molecule has 1 amide bonds. The summed E-state index contributed by atoms with van der Waals surface area (Å²) in [5.74, 6) is -0.933. The number of carbonyl (C=O) groups excluding carboxylic acids is 1. The molecule has 0 radical (unpaired) electrons. The van der Waals surface area contributed by atoms with E-state index in [0.29, 0.717) is 0 Å². The molecule has 0 aliphatic rings. The van der Waals surface area contributed by atoms with Gasteiger partial charge in [0.25, 0.3) is 5.91 Å². The van der Waals surface area contributed by atoms with Gasteiger partial charge in [-0.1, -0.05) is 0 Å². The number of carbonyl (C=O) groups is 1. The zero-order chi connectivity index (χ0) is 13.2. The van der Waals surface area contributed by atoms with Crippen molar-refractivity contribution in [2.75, 3.05) is 0 Å². The number of hydrogen-bond donors (Lipinski definition) is 0. The predicted molar refractivity (Wildman–Crippen MR) is 65.9 cm³/mol. The van der Waals surface area contributed by atoms with E-state index in [2.05, 4.69) is 0 Å². The van der Waals surface area contributed by atoms with Gasteiger partial charge in [-0.3, -0.25) is 4.79 Å². The molecule has 0 aliphatic carbocycles. The maximum Gasteiger partial charge on any atom is 0.284 e. The summed E-state index contributed by atoms with van der Waals surface area (Å²) >= 11 is 11.7. The summed E-state index contributed by atoms with van der Waals surface area (Å²) in [5, 5.41) is 0. The van der Waals surface area contributed by atoms with Crippen LogP contribution in [0.25, 0.3) is 0 Å². The second-order valence-electron chi connectivity index (χ2n) is 4.50. The highest BCUT2D eigenvalue weighted by atomic mass is 35.5. The molecule has 0 atom stereocenters. The minimum absolute atomic E-state index is 0.260. The highest BCUT2D eigenvalue weighted by Crippen LogP contribution is 2.22. The van der Waals surface area contributed by atoms with E-state index in [4.69, 9.17) is 23.6 Å². The Morgan fingerprint density at radius 3 is 2.06 bits per heavy atom. The first-order valence-corrected chi connectivity index (χ1v) is 5.63. The number of hydrogen-bond acceptors (Lipinski definition) is 2. The van der Waals surface area contributed by atoms with Crippen LogP contribution in [0, 0.1) is 5.82 Å². The van der Waals surface area contributed by atoms with E-state index in [-0.39, 0.29) is 5.56 Å². The first kappa shape index (κ1) is 14.2. The average molecular weight is 279 g/mol. The van der Waals surface area contributed by atoms with Gasteiger partial charge in [0.15, 0.2) is 0 Å². The van der Waals surface area contributed by atoms with Crippen LogP contribution in [-0.4, -0.2) is 20.5 Å². The molecule has 0 spiro atoms. The van der Waals surface area contributed by atoms with Crippen LogP contribution in [0.15, 0.2) is 24.3 Å². The largest absolute Gasteiger partial charge is 0.284 e. The molecule has 1 aromatic carbocycles. The molecule has 0 saturated heterocycles. The monoisotopic (exact) mass is 278 g/mol. The lowest BCUT2D eigenvalue weighted by Gasteiger charge is -2.33. The van der Waals surface area contributed by atoms with Crippen molar-refractivity contribution >= 4 is 29.5 Å². The van der Waals surface area contributed by atoms with Crippen LogP contribution in [-0.2, 0) is 0 Å². The predicted octanol–water partition coefficient (Wildman–Crippen LogP) is 3.59. The van der Waals surface area contributed by atoms with Crippen LogP contribution in [0.5, 0.6) is 0 Å². The topological polar surface area (TPSA) is 23.6 Å². The van der Waals surface area contributed by atoms with Crippen LogP contribution in [0.1, 0.15) is 31.1 Å². The fourth-order valence-corrected chi connectivity index (χ4v) is 1.44. The van der Waals surface area contributed by atoms with Crippen molar-refractivity contribution in [2.24, 2.45) is 0 Å².